The van der Waals surface area contributed by atoms with Gasteiger partial charge < -0.3 is 9.64 Å². The number of carbonyl (C=O) groups excluding carboxylic acids is 1. The second kappa shape index (κ2) is 4.90. The lowest BCUT2D eigenvalue weighted by atomic mass is 10.2. The van der Waals surface area contributed by atoms with Gasteiger partial charge in [-0.15, -0.1) is 0 Å². The Morgan fingerprint density at radius 2 is 1.94 bits per heavy atom. The van der Waals surface area contributed by atoms with Crippen LogP contribution in [0.5, 0.6) is 0 Å². The normalized spacial score (nSPS) is 24.4. The molecular formula is C12H18ClN3O2. The summed E-state index contributed by atoms with van der Waals surface area (Å²) in [6.45, 7) is 6.92. The van der Waals surface area contributed by atoms with E-state index in [0.717, 1.165) is 5.69 Å². The molecule has 2 heterocycles. The van der Waals surface area contributed by atoms with Gasteiger partial charge >= 0.3 is 0 Å². The van der Waals surface area contributed by atoms with Crippen LogP contribution in [0.4, 0.5) is 0 Å². The van der Waals surface area contributed by atoms with Crippen molar-refractivity contribution in [3.8, 4) is 0 Å². The Morgan fingerprint density at radius 1 is 1.39 bits per heavy atom. The molecular weight excluding hydrogens is 254 g/mol. The number of halogens is 1. The van der Waals surface area contributed by atoms with E-state index in [2.05, 4.69) is 5.10 Å². The van der Waals surface area contributed by atoms with E-state index in [1.165, 1.54) is 0 Å². The molecule has 5 nitrogen and oxygen atoms in total. The Balaban J connectivity index is 2.23. The highest BCUT2D eigenvalue weighted by atomic mass is 35.5. The summed E-state index contributed by atoms with van der Waals surface area (Å²) in [4.78, 5) is 14.1. The highest BCUT2D eigenvalue weighted by Crippen LogP contribution is 2.22. The lowest BCUT2D eigenvalue weighted by Crippen LogP contribution is -2.48. The Labute approximate surface area is 112 Å². The zero-order valence-corrected chi connectivity index (χ0v) is 11.9. The topological polar surface area (TPSA) is 47.4 Å². The standard InChI is InChI=1S/C12H18ClN3O2/c1-7-5-16(6-8(2)18-7)12(17)11-10(13)9(3)15(4)14-11/h7-8H,5-6H2,1-4H3. The molecule has 1 aliphatic heterocycles. The molecule has 18 heavy (non-hydrogen) atoms. The van der Waals surface area contributed by atoms with E-state index in [1.54, 1.807) is 16.6 Å². The minimum absolute atomic E-state index is 0.0429. The van der Waals surface area contributed by atoms with Gasteiger partial charge in [-0.05, 0) is 20.8 Å². The van der Waals surface area contributed by atoms with Crippen LogP contribution in [-0.4, -0.2) is 45.9 Å². The van der Waals surface area contributed by atoms with Crippen LogP contribution in [0.3, 0.4) is 0 Å². The van der Waals surface area contributed by atoms with Crippen molar-refractivity contribution in [2.45, 2.75) is 33.0 Å². The summed E-state index contributed by atoms with van der Waals surface area (Å²) in [7, 11) is 1.78. The van der Waals surface area contributed by atoms with Crippen LogP contribution in [0.15, 0.2) is 0 Å². The van der Waals surface area contributed by atoms with Gasteiger partial charge in [-0.3, -0.25) is 9.48 Å². The predicted molar refractivity (Wildman–Crippen MR) is 68.9 cm³/mol. The van der Waals surface area contributed by atoms with Crippen LogP contribution >= 0.6 is 11.6 Å². The molecule has 1 fully saturated rings. The fraction of sp³-hybridized carbons (Fsp3) is 0.667. The first-order chi connectivity index (χ1) is 8.40. The maximum absolute atomic E-state index is 12.4. The molecule has 1 saturated heterocycles. The van der Waals surface area contributed by atoms with Crippen molar-refractivity contribution in [2.24, 2.45) is 7.05 Å². The van der Waals surface area contributed by atoms with Gasteiger partial charge in [0.15, 0.2) is 5.69 Å². The number of amides is 1. The number of ether oxygens (including phenoxy) is 1. The minimum atomic E-state index is -0.120. The van der Waals surface area contributed by atoms with Crippen molar-refractivity contribution in [2.75, 3.05) is 13.1 Å². The van der Waals surface area contributed by atoms with Gasteiger partial charge in [-0.1, -0.05) is 11.6 Å². The van der Waals surface area contributed by atoms with Gasteiger partial charge in [-0.25, -0.2) is 0 Å². The van der Waals surface area contributed by atoms with Crippen molar-refractivity contribution < 1.29 is 9.53 Å². The first kappa shape index (κ1) is 13.4. The van der Waals surface area contributed by atoms with Crippen LogP contribution in [0.1, 0.15) is 30.0 Å². The van der Waals surface area contributed by atoms with Gasteiger partial charge in [-0.2, -0.15) is 5.10 Å². The van der Waals surface area contributed by atoms with E-state index in [-0.39, 0.29) is 18.1 Å². The SMILES string of the molecule is Cc1c(Cl)c(C(=O)N2CC(C)OC(C)C2)nn1C. The molecule has 0 saturated carbocycles. The first-order valence-corrected chi connectivity index (χ1v) is 6.41. The summed E-state index contributed by atoms with van der Waals surface area (Å²) in [6.07, 6.45) is 0.0857. The Kier molecular flexibility index (Phi) is 3.64. The predicted octanol–water partition coefficient (Wildman–Crippen LogP) is 1.63. The van der Waals surface area contributed by atoms with Crippen molar-refractivity contribution >= 4 is 17.5 Å². The molecule has 1 aliphatic rings. The number of aryl methyl sites for hydroxylation is 1. The number of nitrogens with zero attached hydrogens (tertiary/aromatic N) is 3. The number of hydrogen-bond acceptors (Lipinski definition) is 3. The second-order valence-electron chi connectivity index (χ2n) is 4.84. The Hall–Kier alpha value is -1.07. The summed E-state index contributed by atoms with van der Waals surface area (Å²) in [5.74, 6) is -0.120. The zero-order chi connectivity index (χ0) is 13.4. The minimum Gasteiger partial charge on any atom is -0.372 e. The number of morpholine rings is 1. The quantitative estimate of drug-likeness (QED) is 0.780. The monoisotopic (exact) mass is 271 g/mol. The summed E-state index contributed by atoms with van der Waals surface area (Å²) in [5.41, 5.74) is 1.13. The van der Waals surface area contributed by atoms with Crippen molar-refractivity contribution in [1.29, 1.82) is 0 Å². The molecule has 1 aromatic rings. The van der Waals surface area contributed by atoms with E-state index in [0.29, 0.717) is 23.8 Å². The fourth-order valence-electron chi connectivity index (χ4n) is 2.21. The highest BCUT2D eigenvalue weighted by Gasteiger charge is 2.29. The molecule has 6 heteroatoms. The van der Waals surface area contributed by atoms with Crippen molar-refractivity contribution in [1.82, 2.24) is 14.7 Å². The molecule has 0 radical (unpaired) electrons. The van der Waals surface area contributed by atoms with Gasteiger partial charge in [0.1, 0.15) is 0 Å². The van der Waals surface area contributed by atoms with E-state index in [4.69, 9.17) is 16.3 Å². The zero-order valence-electron chi connectivity index (χ0n) is 11.1. The Morgan fingerprint density at radius 3 is 2.39 bits per heavy atom. The average molecular weight is 272 g/mol. The summed E-state index contributed by atoms with van der Waals surface area (Å²) < 4.78 is 7.24. The van der Waals surface area contributed by atoms with Crippen LogP contribution in [0.2, 0.25) is 5.02 Å². The third kappa shape index (κ3) is 2.37. The van der Waals surface area contributed by atoms with Crippen LogP contribution in [0, 0.1) is 6.92 Å². The molecule has 0 aliphatic carbocycles. The van der Waals surface area contributed by atoms with Gasteiger partial charge in [0, 0.05) is 20.1 Å². The smallest absolute Gasteiger partial charge is 0.276 e. The van der Waals surface area contributed by atoms with Gasteiger partial charge in [0.2, 0.25) is 0 Å². The molecule has 100 valence electrons. The van der Waals surface area contributed by atoms with E-state index >= 15 is 0 Å². The number of aromatic nitrogens is 2. The average Bonchev–Trinajstić information content (AvgIpc) is 2.55. The Bertz CT molecular complexity index is 462. The molecule has 0 aromatic carbocycles. The maximum Gasteiger partial charge on any atom is 0.276 e. The molecule has 0 bridgehead atoms. The van der Waals surface area contributed by atoms with Gasteiger partial charge in [0.25, 0.3) is 5.91 Å². The summed E-state index contributed by atoms with van der Waals surface area (Å²) >= 11 is 6.14. The third-order valence-electron chi connectivity index (χ3n) is 3.17. The lowest BCUT2D eigenvalue weighted by Gasteiger charge is -2.34. The van der Waals surface area contributed by atoms with Gasteiger partial charge in [0.05, 0.1) is 22.9 Å². The first-order valence-electron chi connectivity index (χ1n) is 6.04. The summed E-state index contributed by atoms with van der Waals surface area (Å²) in [6, 6.07) is 0. The molecule has 2 unspecified atom stereocenters. The number of rotatable bonds is 1. The molecule has 1 aromatic heterocycles. The second-order valence-corrected chi connectivity index (χ2v) is 5.22. The molecule has 1 amide bonds. The molecule has 2 atom stereocenters. The van der Waals surface area contributed by atoms with Crippen molar-refractivity contribution in [3.63, 3.8) is 0 Å². The fourth-order valence-corrected chi connectivity index (χ4v) is 2.45. The number of hydrogen-bond donors (Lipinski definition) is 0. The summed E-state index contributed by atoms with van der Waals surface area (Å²) in [5, 5.41) is 4.63. The number of carbonyl (C=O) groups is 1. The molecule has 0 N–H and O–H groups in total. The van der Waals surface area contributed by atoms with Crippen LogP contribution < -0.4 is 0 Å². The van der Waals surface area contributed by atoms with E-state index in [1.807, 2.05) is 20.8 Å². The van der Waals surface area contributed by atoms with Crippen LogP contribution in [0.25, 0.3) is 0 Å². The van der Waals surface area contributed by atoms with Crippen LogP contribution in [-0.2, 0) is 11.8 Å². The lowest BCUT2D eigenvalue weighted by molar-refractivity contribution is -0.0587. The van der Waals surface area contributed by atoms with Crippen molar-refractivity contribution in [3.05, 3.63) is 16.4 Å². The maximum atomic E-state index is 12.4. The van der Waals surface area contributed by atoms with E-state index in [9.17, 15) is 4.79 Å². The molecule has 2 rings (SSSR count). The highest BCUT2D eigenvalue weighted by molar-refractivity contribution is 6.34. The largest absolute Gasteiger partial charge is 0.372 e. The third-order valence-corrected chi connectivity index (χ3v) is 3.62. The van der Waals surface area contributed by atoms with E-state index < -0.39 is 0 Å². The molecule has 0 spiro atoms.